The predicted molar refractivity (Wildman–Crippen MR) is 108 cm³/mol. The van der Waals surface area contributed by atoms with Crippen LogP contribution in [0.2, 0.25) is 0 Å². The number of hydrogen-bond acceptors (Lipinski definition) is 4. The van der Waals surface area contributed by atoms with Gasteiger partial charge in [-0.05, 0) is 36.8 Å². The molecule has 2 aliphatic rings. The van der Waals surface area contributed by atoms with Gasteiger partial charge in [-0.15, -0.1) is 12.4 Å². The Labute approximate surface area is 168 Å². The number of piperidine rings is 2. The average molecular weight is 416 g/mol. The first-order chi connectivity index (χ1) is 12.2. The van der Waals surface area contributed by atoms with Crippen LogP contribution in [-0.2, 0) is 14.8 Å². The lowest BCUT2D eigenvalue weighted by atomic mass is 9.79. The third-order valence-corrected chi connectivity index (χ3v) is 7.62. The van der Waals surface area contributed by atoms with Crippen molar-refractivity contribution >= 4 is 28.3 Å². The van der Waals surface area contributed by atoms with Crippen LogP contribution in [0.25, 0.3) is 0 Å². The van der Waals surface area contributed by atoms with Crippen LogP contribution in [0.5, 0.6) is 0 Å². The summed E-state index contributed by atoms with van der Waals surface area (Å²) in [5.41, 5.74) is 6.06. The molecule has 0 bridgehead atoms. The maximum atomic E-state index is 13.0. The van der Waals surface area contributed by atoms with Gasteiger partial charge in [0.2, 0.25) is 15.9 Å². The number of rotatable bonds is 3. The lowest BCUT2D eigenvalue weighted by Gasteiger charge is -2.44. The van der Waals surface area contributed by atoms with Gasteiger partial charge in [0.25, 0.3) is 0 Å². The van der Waals surface area contributed by atoms with E-state index in [9.17, 15) is 13.2 Å². The predicted octanol–water partition coefficient (Wildman–Crippen LogP) is 2.09. The van der Waals surface area contributed by atoms with Crippen LogP contribution in [0, 0.1) is 11.3 Å². The summed E-state index contributed by atoms with van der Waals surface area (Å²) in [6.07, 6.45) is 2.24. The maximum absolute atomic E-state index is 13.0. The minimum atomic E-state index is -3.55. The molecule has 0 aromatic heterocycles. The number of amides is 1. The Kier molecular flexibility index (Phi) is 6.95. The van der Waals surface area contributed by atoms with Crippen LogP contribution < -0.4 is 5.73 Å². The summed E-state index contributed by atoms with van der Waals surface area (Å²) in [7, 11) is -3.55. The van der Waals surface area contributed by atoms with Crippen molar-refractivity contribution < 1.29 is 13.2 Å². The molecule has 0 spiro atoms. The van der Waals surface area contributed by atoms with Crippen molar-refractivity contribution in [3.8, 4) is 0 Å². The summed E-state index contributed by atoms with van der Waals surface area (Å²) in [5.74, 6) is -0.203. The lowest BCUT2D eigenvalue weighted by Crippen LogP contribution is -2.56. The number of sulfonamides is 1. The molecule has 0 aliphatic carbocycles. The monoisotopic (exact) mass is 415 g/mol. The van der Waals surface area contributed by atoms with Crippen molar-refractivity contribution in [2.75, 3.05) is 26.2 Å². The van der Waals surface area contributed by atoms with E-state index in [2.05, 4.69) is 13.8 Å². The maximum Gasteiger partial charge on any atom is 0.243 e. The van der Waals surface area contributed by atoms with Gasteiger partial charge < -0.3 is 10.6 Å². The van der Waals surface area contributed by atoms with Gasteiger partial charge in [-0.1, -0.05) is 32.0 Å². The normalized spacial score (nSPS) is 26.3. The van der Waals surface area contributed by atoms with E-state index in [1.165, 1.54) is 4.31 Å². The van der Waals surface area contributed by atoms with Crippen molar-refractivity contribution in [2.24, 2.45) is 17.1 Å². The zero-order chi connectivity index (χ0) is 18.9. The quantitative estimate of drug-likeness (QED) is 0.819. The van der Waals surface area contributed by atoms with Gasteiger partial charge in [0, 0.05) is 32.2 Å². The van der Waals surface area contributed by atoms with Crippen molar-refractivity contribution in [1.29, 1.82) is 0 Å². The number of nitrogens with two attached hydrogens (primary N) is 1. The smallest absolute Gasteiger partial charge is 0.243 e. The Morgan fingerprint density at radius 2 is 1.81 bits per heavy atom. The number of halogens is 1. The van der Waals surface area contributed by atoms with Gasteiger partial charge in [-0.2, -0.15) is 4.31 Å². The number of benzene rings is 1. The summed E-state index contributed by atoms with van der Waals surface area (Å²) >= 11 is 0. The molecule has 3 rings (SSSR count). The second-order valence-corrected chi connectivity index (χ2v) is 10.1. The molecular weight excluding hydrogens is 386 g/mol. The molecule has 152 valence electrons. The second-order valence-electron chi connectivity index (χ2n) is 8.16. The molecule has 1 amide bonds. The first kappa shape index (κ1) is 22.1. The molecule has 2 N–H and O–H groups in total. The molecule has 1 aromatic rings. The first-order valence-electron chi connectivity index (χ1n) is 9.31. The Morgan fingerprint density at radius 1 is 1.15 bits per heavy atom. The Hall–Kier alpha value is -1.15. The van der Waals surface area contributed by atoms with E-state index in [4.69, 9.17) is 5.73 Å². The van der Waals surface area contributed by atoms with Crippen LogP contribution in [0.4, 0.5) is 0 Å². The summed E-state index contributed by atoms with van der Waals surface area (Å²) in [6, 6.07) is 8.54. The van der Waals surface area contributed by atoms with Crippen molar-refractivity contribution in [3.05, 3.63) is 30.3 Å². The van der Waals surface area contributed by atoms with Crippen LogP contribution in [0.15, 0.2) is 35.2 Å². The third kappa shape index (κ3) is 4.65. The van der Waals surface area contributed by atoms with Gasteiger partial charge in [-0.25, -0.2) is 8.42 Å². The van der Waals surface area contributed by atoms with E-state index < -0.39 is 10.0 Å². The van der Waals surface area contributed by atoms with Gasteiger partial charge in [-0.3, -0.25) is 4.79 Å². The van der Waals surface area contributed by atoms with E-state index in [-0.39, 0.29) is 47.1 Å². The number of carbonyl (C=O) groups is 1. The zero-order valence-electron chi connectivity index (χ0n) is 16.0. The molecule has 1 aromatic carbocycles. The largest absolute Gasteiger partial charge is 0.342 e. The molecular formula is C19H30ClN3O3S. The van der Waals surface area contributed by atoms with Gasteiger partial charge >= 0.3 is 0 Å². The highest BCUT2D eigenvalue weighted by atomic mass is 35.5. The molecule has 0 saturated carbocycles. The van der Waals surface area contributed by atoms with Crippen molar-refractivity contribution in [1.82, 2.24) is 9.21 Å². The summed E-state index contributed by atoms with van der Waals surface area (Å²) < 4.78 is 27.2. The van der Waals surface area contributed by atoms with Gasteiger partial charge in [0.15, 0.2) is 0 Å². The first-order valence-corrected chi connectivity index (χ1v) is 10.8. The highest BCUT2D eigenvalue weighted by molar-refractivity contribution is 7.89. The minimum Gasteiger partial charge on any atom is -0.342 e. The van der Waals surface area contributed by atoms with Crippen molar-refractivity contribution in [3.63, 3.8) is 0 Å². The van der Waals surface area contributed by atoms with Crippen LogP contribution >= 0.6 is 12.4 Å². The molecule has 6 nitrogen and oxygen atoms in total. The number of likely N-dealkylation sites (tertiary alicyclic amines) is 1. The van der Waals surface area contributed by atoms with Gasteiger partial charge in [0.05, 0.1) is 10.8 Å². The van der Waals surface area contributed by atoms with Crippen LogP contribution in [-0.4, -0.2) is 55.8 Å². The van der Waals surface area contributed by atoms with Crippen LogP contribution in [0.1, 0.15) is 33.1 Å². The lowest BCUT2D eigenvalue weighted by molar-refractivity contribution is -0.140. The van der Waals surface area contributed by atoms with Crippen molar-refractivity contribution in [2.45, 2.75) is 44.0 Å². The van der Waals surface area contributed by atoms with E-state index in [0.717, 1.165) is 12.8 Å². The van der Waals surface area contributed by atoms with Gasteiger partial charge in [0.1, 0.15) is 0 Å². The van der Waals surface area contributed by atoms with E-state index in [0.29, 0.717) is 26.1 Å². The topological polar surface area (TPSA) is 83.7 Å². The minimum absolute atomic E-state index is 0. The standard InChI is InChI=1S/C19H29N3O3S.ClH/c1-19(2)14-21(12-10-17(19)20)18(23)15-7-6-11-22(13-15)26(24,25)16-8-4-3-5-9-16;/h3-5,8-9,15,17H,6-7,10-14,20H2,1-2H3;1H. The second kappa shape index (κ2) is 8.47. The van der Waals surface area contributed by atoms with E-state index in [1.54, 1.807) is 30.3 Å². The fraction of sp³-hybridized carbons (Fsp3) is 0.632. The average Bonchev–Trinajstić information content (AvgIpc) is 2.64. The number of nitrogens with zero attached hydrogens (tertiary/aromatic N) is 2. The summed E-state index contributed by atoms with van der Waals surface area (Å²) in [6.45, 7) is 6.20. The fourth-order valence-corrected chi connectivity index (χ4v) is 5.47. The number of hydrogen-bond donors (Lipinski definition) is 1. The molecule has 2 heterocycles. The number of carbonyl (C=O) groups excluding carboxylic acids is 1. The molecule has 8 heteroatoms. The molecule has 2 saturated heterocycles. The Bertz CT molecular complexity index is 755. The Balaban J connectivity index is 0.00000261. The van der Waals surface area contributed by atoms with E-state index in [1.807, 2.05) is 4.90 Å². The Morgan fingerprint density at radius 3 is 2.44 bits per heavy atom. The molecule has 27 heavy (non-hydrogen) atoms. The molecule has 0 radical (unpaired) electrons. The third-order valence-electron chi connectivity index (χ3n) is 5.74. The highest BCUT2D eigenvalue weighted by Crippen LogP contribution is 2.31. The zero-order valence-corrected chi connectivity index (χ0v) is 17.6. The van der Waals surface area contributed by atoms with Crippen LogP contribution in [0.3, 0.4) is 0 Å². The highest BCUT2D eigenvalue weighted by Gasteiger charge is 2.39. The molecule has 2 atom stereocenters. The molecule has 2 aliphatic heterocycles. The summed E-state index contributed by atoms with van der Waals surface area (Å²) in [5, 5.41) is 0. The fourth-order valence-electron chi connectivity index (χ4n) is 3.92. The summed E-state index contributed by atoms with van der Waals surface area (Å²) in [4.78, 5) is 15.2. The molecule has 2 fully saturated rings. The molecule has 2 unspecified atom stereocenters. The van der Waals surface area contributed by atoms with E-state index >= 15 is 0 Å². The SMILES string of the molecule is CC1(C)CN(C(=O)C2CCCN(S(=O)(=O)c3ccccc3)C2)CCC1N.Cl.